The lowest BCUT2D eigenvalue weighted by molar-refractivity contribution is -0.129. The van der Waals surface area contributed by atoms with Crippen LogP contribution in [0.4, 0.5) is 0 Å². The fourth-order valence-electron chi connectivity index (χ4n) is 5.45. The number of aliphatic imine (C=N–C) groups is 1. The van der Waals surface area contributed by atoms with Gasteiger partial charge in [0.05, 0.1) is 0 Å². The summed E-state index contributed by atoms with van der Waals surface area (Å²) in [5.74, 6) is -0.00329. The molecule has 0 saturated heterocycles. The number of guanidine groups is 1. The van der Waals surface area contributed by atoms with E-state index in [1.807, 2.05) is 0 Å². The SMILES string of the molecule is CCCCCCCCCCCCCCCCCCCCCC(=O)NC(CCCCN=C(N)N)C(=O)NCCCCCC. The minimum atomic E-state index is -0.483. The molecule has 1 atom stereocenters. The normalized spacial score (nSPS) is 11.8. The van der Waals surface area contributed by atoms with Crippen LogP contribution in [0.5, 0.6) is 0 Å². The van der Waals surface area contributed by atoms with Crippen molar-refractivity contribution in [3.8, 4) is 0 Å². The Bertz CT molecular complexity index is 637. The van der Waals surface area contributed by atoms with Gasteiger partial charge in [0, 0.05) is 19.5 Å². The molecular weight excluding hydrogens is 522 g/mol. The molecular formula is C35H71N5O2. The first kappa shape index (κ1) is 40.2. The number of carbonyl (C=O) groups excluding carboxylic acids is 2. The molecule has 0 aliphatic rings. The Balaban J connectivity index is 3.83. The standard InChI is InChI=1S/C35H71N5O2/c1-3-5-7-9-10-11-12-13-14-15-16-17-18-19-20-21-22-23-24-29-33(41)40-32(28-25-27-31-39-35(36)37)34(42)38-30-26-8-6-4-2/h32H,3-31H2,1-2H3,(H,38,42)(H,40,41)(H4,36,37,39). The van der Waals surface area contributed by atoms with Crippen LogP contribution in [0.25, 0.3) is 0 Å². The summed E-state index contributed by atoms with van der Waals surface area (Å²) >= 11 is 0. The summed E-state index contributed by atoms with van der Waals surface area (Å²) in [5.41, 5.74) is 10.8. The number of carbonyl (C=O) groups is 2. The monoisotopic (exact) mass is 594 g/mol. The molecule has 0 bridgehead atoms. The Labute approximate surface area is 260 Å². The van der Waals surface area contributed by atoms with E-state index >= 15 is 0 Å². The predicted octanol–water partition coefficient (Wildman–Crippen LogP) is 8.43. The molecule has 0 saturated carbocycles. The molecule has 7 nitrogen and oxygen atoms in total. The largest absolute Gasteiger partial charge is 0.370 e. The summed E-state index contributed by atoms with van der Waals surface area (Å²) in [6, 6.07) is -0.483. The van der Waals surface area contributed by atoms with Gasteiger partial charge in [0.25, 0.3) is 0 Å². The van der Waals surface area contributed by atoms with Crippen LogP contribution in [0.2, 0.25) is 0 Å². The van der Waals surface area contributed by atoms with Gasteiger partial charge >= 0.3 is 0 Å². The number of nitrogens with two attached hydrogens (primary N) is 2. The second kappa shape index (κ2) is 32.1. The van der Waals surface area contributed by atoms with Crippen LogP contribution in [0.15, 0.2) is 4.99 Å². The second-order valence-electron chi connectivity index (χ2n) is 12.4. The molecule has 0 aliphatic carbocycles. The number of amides is 2. The summed E-state index contributed by atoms with van der Waals surface area (Å²) in [4.78, 5) is 29.3. The lowest BCUT2D eigenvalue weighted by atomic mass is 10.0. The van der Waals surface area contributed by atoms with Crippen LogP contribution in [-0.2, 0) is 9.59 Å². The van der Waals surface area contributed by atoms with Crippen molar-refractivity contribution in [3.63, 3.8) is 0 Å². The zero-order valence-electron chi connectivity index (χ0n) is 28.0. The van der Waals surface area contributed by atoms with Crippen LogP contribution in [0.3, 0.4) is 0 Å². The third-order valence-corrected chi connectivity index (χ3v) is 8.18. The molecule has 2 amide bonds. The van der Waals surface area contributed by atoms with Gasteiger partial charge in [-0.2, -0.15) is 0 Å². The van der Waals surface area contributed by atoms with Gasteiger partial charge in [-0.25, -0.2) is 0 Å². The maximum atomic E-state index is 12.7. The van der Waals surface area contributed by atoms with E-state index in [4.69, 9.17) is 11.5 Å². The van der Waals surface area contributed by atoms with Crippen LogP contribution in [0.1, 0.15) is 187 Å². The van der Waals surface area contributed by atoms with E-state index in [1.54, 1.807) is 0 Å². The van der Waals surface area contributed by atoms with Crippen molar-refractivity contribution in [3.05, 3.63) is 0 Å². The minimum absolute atomic E-state index is 0.0164. The third kappa shape index (κ3) is 29.7. The van der Waals surface area contributed by atoms with Crippen LogP contribution in [-0.4, -0.2) is 36.9 Å². The van der Waals surface area contributed by atoms with Crippen LogP contribution >= 0.6 is 0 Å². The van der Waals surface area contributed by atoms with Gasteiger partial charge in [0.15, 0.2) is 5.96 Å². The molecule has 7 heteroatoms. The van der Waals surface area contributed by atoms with Gasteiger partial charge in [0.2, 0.25) is 11.8 Å². The second-order valence-corrected chi connectivity index (χ2v) is 12.4. The molecule has 0 spiro atoms. The zero-order valence-corrected chi connectivity index (χ0v) is 28.0. The first-order valence-corrected chi connectivity index (χ1v) is 18.1. The topological polar surface area (TPSA) is 123 Å². The molecule has 0 fully saturated rings. The molecule has 42 heavy (non-hydrogen) atoms. The quantitative estimate of drug-likeness (QED) is 0.0355. The Morgan fingerprint density at radius 2 is 1.00 bits per heavy atom. The Hall–Kier alpha value is -1.79. The van der Waals surface area contributed by atoms with E-state index in [0.29, 0.717) is 25.9 Å². The van der Waals surface area contributed by atoms with E-state index in [2.05, 4.69) is 29.5 Å². The zero-order chi connectivity index (χ0) is 30.9. The predicted molar refractivity (Wildman–Crippen MR) is 182 cm³/mol. The fourth-order valence-corrected chi connectivity index (χ4v) is 5.45. The minimum Gasteiger partial charge on any atom is -0.370 e. The van der Waals surface area contributed by atoms with Crippen molar-refractivity contribution in [2.75, 3.05) is 13.1 Å². The Morgan fingerprint density at radius 3 is 1.45 bits per heavy atom. The lowest BCUT2D eigenvalue weighted by Gasteiger charge is -2.18. The molecule has 6 N–H and O–H groups in total. The smallest absolute Gasteiger partial charge is 0.242 e. The highest BCUT2D eigenvalue weighted by molar-refractivity contribution is 5.87. The van der Waals surface area contributed by atoms with Gasteiger partial charge in [-0.05, 0) is 32.1 Å². The Morgan fingerprint density at radius 1 is 0.571 bits per heavy atom. The van der Waals surface area contributed by atoms with E-state index in [9.17, 15) is 9.59 Å². The van der Waals surface area contributed by atoms with Crippen LogP contribution in [0, 0.1) is 0 Å². The van der Waals surface area contributed by atoms with Crippen molar-refractivity contribution < 1.29 is 9.59 Å². The Kier molecular flexibility index (Phi) is 30.8. The lowest BCUT2D eigenvalue weighted by Crippen LogP contribution is -2.47. The third-order valence-electron chi connectivity index (χ3n) is 8.18. The van der Waals surface area contributed by atoms with Gasteiger partial charge in [-0.1, -0.05) is 149 Å². The molecule has 248 valence electrons. The van der Waals surface area contributed by atoms with Gasteiger partial charge in [0.1, 0.15) is 6.04 Å². The van der Waals surface area contributed by atoms with Crippen molar-refractivity contribution >= 4 is 17.8 Å². The summed E-state index contributed by atoms with van der Waals surface area (Å²) in [5, 5.41) is 6.01. The van der Waals surface area contributed by atoms with Crippen molar-refractivity contribution in [1.82, 2.24) is 10.6 Å². The highest BCUT2D eigenvalue weighted by Gasteiger charge is 2.19. The first-order chi connectivity index (χ1) is 20.5. The highest BCUT2D eigenvalue weighted by atomic mass is 16.2. The number of rotatable bonds is 32. The maximum Gasteiger partial charge on any atom is 0.242 e. The summed E-state index contributed by atoms with van der Waals surface area (Å²) in [6.07, 6.45) is 32.5. The van der Waals surface area contributed by atoms with Gasteiger partial charge < -0.3 is 22.1 Å². The van der Waals surface area contributed by atoms with E-state index in [0.717, 1.165) is 38.5 Å². The average molecular weight is 594 g/mol. The van der Waals surface area contributed by atoms with Crippen molar-refractivity contribution in [2.24, 2.45) is 16.5 Å². The van der Waals surface area contributed by atoms with E-state index in [1.165, 1.54) is 122 Å². The van der Waals surface area contributed by atoms with E-state index < -0.39 is 6.04 Å². The van der Waals surface area contributed by atoms with Crippen molar-refractivity contribution in [1.29, 1.82) is 0 Å². The molecule has 0 heterocycles. The molecule has 0 aliphatic heterocycles. The molecule has 0 aromatic carbocycles. The molecule has 0 radical (unpaired) electrons. The summed E-state index contributed by atoms with van der Waals surface area (Å²) in [7, 11) is 0. The number of nitrogens with zero attached hydrogens (tertiary/aromatic N) is 1. The first-order valence-electron chi connectivity index (χ1n) is 18.1. The molecule has 0 aromatic heterocycles. The van der Waals surface area contributed by atoms with Crippen molar-refractivity contribution in [2.45, 2.75) is 193 Å². The van der Waals surface area contributed by atoms with Gasteiger partial charge in [-0.15, -0.1) is 0 Å². The summed E-state index contributed by atoms with van der Waals surface area (Å²) in [6.45, 7) is 5.67. The fraction of sp³-hybridized carbons (Fsp3) is 0.914. The van der Waals surface area contributed by atoms with Gasteiger partial charge in [-0.3, -0.25) is 14.6 Å². The average Bonchev–Trinajstić information content (AvgIpc) is 2.97. The maximum absolute atomic E-state index is 12.7. The molecule has 0 rings (SSSR count). The van der Waals surface area contributed by atoms with E-state index in [-0.39, 0.29) is 17.8 Å². The number of unbranched alkanes of at least 4 members (excludes halogenated alkanes) is 22. The molecule has 0 aromatic rings. The number of hydrogen-bond donors (Lipinski definition) is 4. The number of hydrogen-bond acceptors (Lipinski definition) is 3. The summed E-state index contributed by atoms with van der Waals surface area (Å²) < 4.78 is 0. The molecule has 1 unspecified atom stereocenters. The van der Waals surface area contributed by atoms with Crippen LogP contribution < -0.4 is 22.1 Å². The number of nitrogens with one attached hydrogen (secondary N) is 2. The highest BCUT2D eigenvalue weighted by Crippen LogP contribution is 2.15.